The van der Waals surface area contributed by atoms with E-state index in [2.05, 4.69) is 12.1 Å². The van der Waals surface area contributed by atoms with Crippen LogP contribution in [0.25, 0.3) is 16.9 Å². The first-order valence-electron chi connectivity index (χ1n) is 10.4. The van der Waals surface area contributed by atoms with Crippen LogP contribution in [0.1, 0.15) is 54.9 Å². The van der Waals surface area contributed by atoms with Gasteiger partial charge in [-0.2, -0.15) is 0 Å². The largest absolute Gasteiger partial charge is 0.497 e. The van der Waals surface area contributed by atoms with E-state index in [0.29, 0.717) is 12.0 Å². The minimum absolute atomic E-state index is 0.0593. The summed E-state index contributed by atoms with van der Waals surface area (Å²) in [5, 5.41) is 0. The van der Waals surface area contributed by atoms with Crippen LogP contribution in [0.5, 0.6) is 5.75 Å². The SMILES string of the molecule is COc1ccc(-n2c(-c3ccc(C)cc3)cc3c2C(OC(C)=O)C(C)(C)CC3=O)cc1. The van der Waals surface area contributed by atoms with Crippen molar-refractivity contribution in [3.05, 3.63) is 71.4 Å². The summed E-state index contributed by atoms with van der Waals surface area (Å²) in [5.41, 5.74) is 4.71. The molecule has 0 bridgehead atoms. The maximum atomic E-state index is 13.1. The molecule has 0 N–H and O–H groups in total. The molecule has 1 aliphatic rings. The smallest absolute Gasteiger partial charge is 0.303 e. The molecule has 1 heterocycles. The zero-order valence-electron chi connectivity index (χ0n) is 18.6. The number of nitrogens with zero attached hydrogens (tertiary/aromatic N) is 1. The van der Waals surface area contributed by atoms with Crippen molar-refractivity contribution < 1.29 is 19.1 Å². The summed E-state index contributed by atoms with van der Waals surface area (Å²) < 4.78 is 13.2. The summed E-state index contributed by atoms with van der Waals surface area (Å²) in [6.45, 7) is 7.39. The van der Waals surface area contributed by atoms with E-state index in [9.17, 15) is 9.59 Å². The van der Waals surface area contributed by atoms with E-state index in [1.165, 1.54) is 6.92 Å². The number of benzene rings is 2. The molecule has 0 amide bonds. The van der Waals surface area contributed by atoms with E-state index in [1.807, 2.05) is 67.8 Å². The Balaban J connectivity index is 2.02. The van der Waals surface area contributed by atoms with Crippen LogP contribution in [-0.4, -0.2) is 23.4 Å². The van der Waals surface area contributed by atoms with Gasteiger partial charge in [0.05, 0.1) is 18.5 Å². The van der Waals surface area contributed by atoms with E-state index in [-0.39, 0.29) is 11.8 Å². The first-order valence-corrected chi connectivity index (χ1v) is 10.4. The molecule has 5 nitrogen and oxygen atoms in total. The number of aryl methyl sites for hydroxylation is 1. The number of hydrogen-bond donors (Lipinski definition) is 0. The van der Waals surface area contributed by atoms with Gasteiger partial charge >= 0.3 is 5.97 Å². The van der Waals surface area contributed by atoms with Crippen molar-refractivity contribution in [2.75, 3.05) is 7.11 Å². The van der Waals surface area contributed by atoms with Gasteiger partial charge in [0.1, 0.15) is 11.9 Å². The monoisotopic (exact) mass is 417 g/mol. The Morgan fingerprint density at radius 3 is 2.29 bits per heavy atom. The van der Waals surface area contributed by atoms with E-state index >= 15 is 0 Å². The van der Waals surface area contributed by atoms with E-state index in [4.69, 9.17) is 9.47 Å². The van der Waals surface area contributed by atoms with Gasteiger partial charge in [-0.25, -0.2) is 0 Å². The van der Waals surface area contributed by atoms with Gasteiger partial charge in [0.25, 0.3) is 0 Å². The zero-order chi connectivity index (χ0) is 22.3. The Hall–Kier alpha value is -3.34. The van der Waals surface area contributed by atoms with Crippen molar-refractivity contribution in [3.63, 3.8) is 0 Å². The summed E-state index contributed by atoms with van der Waals surface area (Å²) in [6, 6.07) is 17.8. The summed E-state index contributed by atoms with van der Waals surface area (Å²) in [7, 11) is 1.63. The third kappa shape index (κ3) is 3.76. The van der Waals surface area contributed by atoms with E-state index in [1.54, 1.807) is 7.11 Å². The molecule has 5 heteroatoms. The summed E-state index contributed by atoms with van der Waals surface area (Å²) in [5.74, 6) is 0.441. The van der Waals surface area contributed by atoms with Crippen LogP contribution in [-0.2, 0) is 9.53 Å². The molecule has 4 rings (SSSR count). The molecular weight excluding hydrogens is 390 g/mol. The van der Waals surface area contributed by atoms with Crippen LogP contribution in [0.3, 0.4) is 0 Å². The molecule has 0 spiro atoms. The average molecular weight is 418 g/mol. The molecule has 2 aromatic carbocycles. The maximum absolute atomic E-state index is 13.1. The highest BCUT2D eigenvalue weighted by atomic mass is 16.5. The van der Waals surface area contributed by atoms with Crippen LogP contribution >= 0.6 is 0 Å². The zero-order valence-corrected chi connectivity index (χ0v) is 18.6. The van der Waals surface area contributed by atoms with Crippen LogP contribution in [0.2, 0.25) is 0 Å². The Bertz CT molecular complexity index is 1140. The lowest BCUT2D eigenvalue weighted by atomic mass is 9.73. The number of esters is 1. The number of aromatic nitrogens is 1. The first-order chi connectivity index (χ1) is 14.7. The fraction of sp³-hybridized carbons (Fsp3) is 0.308. The first kappa shape index (κ1) is 20.9. The van der Waals surface area contributed by atoms with Gasteiger partial charge in [0.2, 0.25) is 0 Å². The minimum Gasteiger partial charge on any atom is -0.497 e. The Labute approximate surface area is 182 Å². The van der Waals surface area contributed by atoms with Crippen molar-refractivity contribution in [1.29, 1.82) is 0 Å². The molecule has 1 aromatic heterocycles. The van der Waals surface area contributed by atoms with Gasteiger partial charge in [0.15, 0.2) is 5.78 Å². The van der Waals surface area contributed by atoms with Crippen LogP contribution < -0.4 is 4.74 Å². The van der Waals surface area contributed by atoms with Gasteiger partial charge in [-0.3, -0.25) is 9.59 Å². The van der Waals surface area contributed by atoms with Gasteiger partial charge in [-0.15, -0.1) is 0 Å². The van der Waals surface area contributed by atoms with Crippen LogP contribution in [0, 0.1) is 12.3 Å². The summed E-state index contributed by atoms with van der Waals surface area (Å²) in [4.78, 5) is 25.1. The third-order valence-electron chi connectivity index (χ3n) is 5.88. The summed E-state index contributed by atoms with van der Waals surface area (Å²) in [6.07, 6.45) is -0.225. The fourth-order valence-electron chi connectivity index (χ4n) is 4.31. The van der Waals surface area contributed by atoms with Crippen molar-refractivity contribution in [2.45, 2.75) is 40.2 Å². The molecule has 31 heavy (non-hydrogen) atoms. The normalized spacial score (nSPS) is 17.2. The number of ketones is 1. The lowest BCUT2D eigenvalue weighted by Gasteiger charge is -2.38. The minimum atomic E-state index is -0.543. The number of ether oxygens (including phenoxy) is 2. The quantitative estimate of drug-likeness (QED) is 0.513. The Morgan fingerprint density at radius 1 is 1.06 bits per heavy atom. The number of Topliss-reactive ketones (excluding diaryl/α,β-unsaturated/α-hetero) is 1. The fourth-order valence-corrected chi connectivity index (χ4v) is 4.31. The number of methoxy groups -OCH3 is 1. The van der Waals surface area contributed by atoms with Gasteiger partial charge in [-0.1, -0.05) is 43.7 Å². The second-order valence-corrected chi connectivity index (χ2v) is 8.81. The molecule has 0 fully saturated rings. The highest BCUT2D eigenvalue weighted by molar-refractivity contribution is 6.01. The van der Waals surface area contributed by atoms with Gasteiger partial charge in [-0.05, 0) is 42.8 Å². The van der Waals surface area contributed by atoms with Crippen molar-refractivity contribution in [3.8, 4) is 22.7 Å². The lowest BCUT2D eigenvalue weighted by molar-refractivity contribution is -0.154. The topological polar surface area (TPSA) is 57.5 Å². The molecule has 0 aliphatic heterocycles. The van der Waals surface area contributed by atoms with E-state index in [0.717, 1.165) is 34.0 Å². The maximum Gasteiger partial charge on any atom is 0.303 e. The average Bonchev–Trinajstić information content (AvgIpc) is 3.12. The standard InChI is InChI=1S/C26H27NO4/c1-16-6-8-18(9-7-16)22-14-21-23(29)15-26(3,4)25(31-17(2)28)24(21)27(22)19-10-12-20(30-5)13-11-19/h6-14,25H,15H2,1-5H3. The third-order valence-corrected chi connectivity index (χ3v) is 5.88. The molecule has 160 valence electrons. The Morgan fingerprint density at radius 2 is 1.71 bits per heavy atom. The Kier molecular flexibility index (Phi) is 5.21. The number of rotatable bonds is 4. The highest BCUT2D eigenvalue weighted by Gasteiger charge is 2.45. The predicted octanol–water partition coefficient (Wildman–Crippen LogP) is 5.68. The second-order valence-electron chi connectivity index (χ2n) is 8.81. The van der Waals surface area contributed by atoms with Gasteiger partial charge < -0.3 is 14.0 Å². The molecular formula is C26H27NO4. The second kappa shape index (κ2) is 7.73. The molecule has 1 unspecified atom stereocenters. The lowest BCUT2D eigenvalue weighted by Crippen LogP contribution is -2.35. The van der Waals surface area contributed by atoms with Gasteiger partial charge in [0, 0.05) is 30.0 Å². The number of carbonyl (C=O) groups excluding carboxylic acids is 2. The molecule has 0 radical (unpaired) electrons. The number of fused-ring (bicyclic) bond motifs is 1. The van der Waals surface area contributed by atoms with E-state index < -0.39 is 11.5 Å². The predicted molar refractivity (Wildman–Crippen MR) is 120 cm³/mol. The highest BCUT2D eigenvalue weighted by Crippen LogP contribution is 2.49. The van der Waals surface area contributed by atoms with Crippen LogP contribution in [0.4, 0.5) is 0 Å². The molecule has 1 aliphatic carbocycles. The molecule has 0 saturated carbocycles. The molecule has 1 atom stereocenters. The molecule has 3 aromatic rings. The summed E-state index contributed by atoms with van der Waals surface area (Å²) >= 11 is 0. The van der Waals surface area contributed by atoms with Crippen molar-refractivity contribution >= 4 is 11.8 Å². The van der Waals surface area contributed by atoms with Crippen LogP contribution in [0.15, 0.2) is 54.6 Å². The number of carbonyl (C=O) groups is 2. The molecule has 0 saturated heterocycles. The van der Waals surface area contributed by atoms with Crippen molar-refractivity contribution in [2.24, 2.45) is 5.41 Å². The number of hydrogen-bond acceptors (Lipinski definition) is 4. The van der Waals surface area contributed by atoms with Crippen molar-refractivity contribution in [1.82, 2.24) is 4.57 Å².